The first-order valence-corrected chi connectivity index (χ1v) is 5.96. The Kier molecular flexibility index (Phi) is 5.49. The van der Waals surface area contributed by atoms with Gasteiger partial charge in [-0.2, -0.15) is 0 Å². The number of hydrogen-bond acceptors (Lipinski definition) is 3. The molecule has 1 aliphatic rings. The summed E-state index contributed by atoms with van der Waals surface area (Å²) in [7, 11) is 0. The van der Waals surface area contributed by atoms with Crippen LogP contribution in [-0.2, 0) is 4.79 Å². The van der Waals surface area contributed by atoms with Crippen LogP contribution < -0.4 is 5.32 Å². The van der Waals surface area contributed by atoms with Crippen molar-refractivity contribution in [2.75, 3.05) is 32.7 Å². The summed E-state index contributed by atoms with van der Waals surface area (Å²) in [5, 5.41) is 11.9. The molecule has 1 unspecified atom stereocenters. The van der Waals surface area contributed by atoms with E-state index in [0.717, 1.165) is 19.0 Å². The Morgan fingerprint density at radius 2 is 2.38 bits per heavy atom. The Morgan fingerprint density at radius 3 is 2.94 bits per heavy atom. The van der Waals surface area contributed by atoms with Gasteiger partial charge >= 0.3 is 5.97 Å². The monoisotopic (exact) mass is 226 g/mol. The second-order valence-electron chi connectivity index (χ2n) is 4.40. The van der Waals surface area contributed by atoms with Crippen molar-refractivity contribution in [2.45, 2.75) is 20.3 Å². The van der Waals surface area contributed by atoms with E-state index in [1.54, 1.807) is 13.0 Å². The van der Waals surface area contributed by atoms with E-state index in [2.05, 4.69) is 17.1 Å². The van der Waals surface area contributed by atoms with Gasteiger partial charge in [-0.15, -0.1) is 0 Å². The Morgan fingerprint density at radius 1 is 1.62 bits per heavy atom. The lowest BCUT2D eigenvalue weighted by molar-refractivity contribution is -0.132. The number of nitrogens with one attached hydrogen (secondary N) is 1. The van der Waals surface area contributed by atoms with Gasteiger partial charge in [-0.1, -0.05) is 13.0 Å². The van der Waals surface area contributed by atoms with E-state index in [0.29, 0.717) is 12.1 Å². The molecule has 4 heteroatoms. The Bertz CT molecular complexity index is 264. The van der Waals surface area contributed by atoms with E-state index in [4.69, 9.17) is 5.11 Å². The molecule has 0 aromatic rings. The van der Waals surface area contributed by atoms with Crippen LogP contribution in [0.25, 0.3) is 0 Å². The molecule has 1 atom stereocenters. The van der Waals surface area contributed by atoms with Crippen LogP contribution >= 0.6 is 0 Å². The van der Waals surface area contributed by atoms with Gasteiger partial charge in [0.2, 0.25) is 0 Å². The standard InChI is InChI=1S/C12H22N2O2/c1-3-14-7-5-11(9-14)8-13-6-4-10(2)12(15)16/h4,11,13H,3,5-9H2,1-2H3,(H,15,16)/b10-4-. The zero-order valence-electron chi connectivity index (χ0n) is 10.2. The van der Waals surface area contributed by atoms with Crippen molar-refractivity contribution >= 4 is 5.97 Å². The lowest BCUT2D eigenvalue weighted by Crippen LogP contribution is -2.26. The summed E-state index contributed by atoms with van der Waals surface area (Å²) in [6.07, 6.45) is 2.98. The fourth-order valence-electron chi connectivity index (χ4n) is 1.97. The molecular weight excluding hydrogens is 204 g/mol. The summed E-state index contributed by atoms with van der Waals surface area (Å²) >= 11 is 0. The van der Waals surface area contributed by atoms with Gasteiger partial charge in [0.15, 0.2) is 0 Å². The summed E-state index contributed by atoms with van der Waals surface area (Å²) in [6.45, 7) is 8.96. The van der Waals surface area contributed by atoms with Crippen molar-refractivity contribution in [1.29, 1.82) is 0 Å². The summed E-state index contributed by atoms with van der Waals surface area (Å²) in [6, 6.07) is 0. The molecule has 4 nitrogen and oxygen atoms in total. The first kappa shape index (κ1) is 13.2. The average Bonchev–Trinajstić information content (AvgIpc) is 2.71. The number of carboxylic acids is 1. The number of nitrogens with zero attached hydrogens (tertiary/aromatic N) is 1. The molecular formula is C12H22N2O2. The molecule has 0 bridgehead atoms. The van der Waals surface area contributed by atoms with Crippen LogP contribution in [0.1, 0.15) is 20.3 Å². The number of carboxylic acid groups (broad SMARTS) is 1. The van der Waals surface area contributed by atoms with Gasteiger partial charge in [0, 0.05) is 18.7 Å². The molecule has 92 valence electrons. The zero-order valence-corrected chi connectivity index (χ0v) is 10.2. The van der Waals surface area contributed by atoms with Gasteiger partial charge in [-0.25, -0.2) is 4.79 Å². The molecule has 0 aromatic heterocycles. The van der Waals surface area contributed by atoms with E-state index < -0.39 is 5.97 Å². The summed E-state index contributed by atoms with van der Waals surface area (Å²) < 4.78 is 0. The highest BCUT2D eigenvalue weighted by atomic mass is 16.4. The molecule has 0 amide bonds. The highest BCUT2D eigenvalue weighted by Gasteiger charge is 2.20. The van der Waals surface area contributed by atoms with E-state index in [9.17, 15) is 4.79 Å². The molecule has 0 spiro atoms. The second-order valence-corrected chi connectivity index (χ2v) is 4.40. The molecule has 2 N–H and O–H groups in total. The summed E-state index contributed by atoms with van der Waals surface area (Å²) in [5.41, 5.74) is 0.411. The van der Waals surface area contributed by atoms with E-state index in [1.807, 2.05) is 0 Å². The number of carbonyl (C=O) groups is 1. The van der Waals surface area contributed by atoms with Crippen molar-refractivity contribution in [3.05, 3.63) is 11.6 Å². The first-order valence-electron chi connectivity index (χ1n) is 5.96. The van der Waals surface area contributed by atoms with Gasteiger partial charge in [-0.3, -0.25) is 0 Å². The van der Waals surface area contributed by atoms with Gasteiger partial charge in [0.05, 0.1) is 0 Å². The summed E-state index contributed by atoms with van der Waals surface area (Å²) in [4.78, 5) is 13.0. The number of hydrogen-bond donors (Lipinski definition) is 2. The van der Waals surface area contributed by atoms with Gasteiger partial charge in [-0.05, 0) is 38.9 Å². The van der Waals surface area contributed by atoms with Gasteiger partial charge < -0.3 is 15.3 Å². The molecule has 1 fully saturated rings. The van der Waals surface area contributed by atoms with Crippen LogP contribution in [0.15, 0.2) is 11.6 Å². The fraction of sp³-hybridized carbons (Fsp3) is 0.750. The maximum atomic E-state index is 10.5. The zero-order chi connectivity index (χ0) is 12.0. The van der Waals surface area contributed by atoms with Gasteiger partial charge in [0.1, 0.15) is 0 Å². The first-order chi connectivity index (χ1) is 7.63. The fourth-order valence-corrected chi connectivity index (χ4v) is 1.97. The highest BCUT2D eigenvalue weighted by molar-refractivity contribution is 5.85. The summed E-state index contributed by atoms with van der Waals surface area (Å²) in [5.74, 6) is -0.113. The molecule has 1 aliphatic heterocycles. The van der Waals surface area contributed by atoms with E-state index in [-0.39, 0.29) is 0 Å². The lowest BCUT2D eigenvalue weighted by atomic mass is 10.1. The SMILES string of the molecule is CCN1CCC(CNC/C=C(/C)C(=O)O)C1. The van der Waals surface area contributed by atoms with Crippen LogP contribution in [0.2, 0.25) is 0 Å². The van der Waals surface area contributed by atoms with Crippen molar-refractivity contribution < 1.29 is 9.90 Å². The van der Waals surface area contributed by atoms with Crippen LogP contribution in [-0.4, -0.2) is 48.7 Å². The molecule has 1 saturated heterocycles. The largest absolute Gasteiger partial charge is 0.478 e. The maximum Gasteiger partial charge on any atom is 0.330 e. The molecule has 0 aliphatic carbocycles. The predicted molar refractivity (Wildman–Crippen MR) is 64.5 cm³/mol. The minimum Gasteiger partial charge on any atom is -0.478 e. The second kappa shape index (κ2) is 6.66. The number of aliphatic carboxylic acids is 1. The molecule has 0 aromatic carbocycles. The van der Waals surface area contributed by atoms with Gasteiger partial charge in [0.25, 0.3) is 0 Å². The maximum absolute atomic E-state index is 10.5. The third-order valence-corrected chi connectivity index (χ3v) is 3.14. The Labute approximate surface area is 97.3 Å². The number of likely N-dealkylation sites (tertiary alicyclic amines) is 1. The van der Waals surface area contributed by atoms with Crippen LogP contribution in [0, 0.1) is 5.92 Å². The Balaban J connectivity index is 2.12. The van der Waals surface area contributed by atoms with Crippen LogP contribution in [0.3, 0.4) is 0 Å². The van der Waals surface area contributed by atoms with Crippen molar-refractivity contribution in [1.82, 2.24) is 10.2 Å². The van der Waals surface area contributed by atoms with Crippen molar-refractivity contribution in [2.24, 2.45) is 5.92 Å². The predicted octanol–water partition coefficient (Wildman–Crippen LogP) is 0.949. The van der Waals surface area contributed by atoms with Crippen LogP contribution in [0.4, 0.5) is 0 Å². The lowest BCUT2D eigenvalue weighted by Gasteiger charge is -2.13. The molecule has 16 heavy (non-hydrogen) atoms. The minimum atomic E-state index is -0.833. The highest BCUT2D eigenvalue weighted by Crippen LogP contribution is 2.14. The third-order valence-electron chi connectivity index (χ3n) is 3.14. The van der Waals surface area contributed by atoms with Crippen molar-refractivity contribution in [3.63, 3.8) is 0 Å². The molecule has 1 rings (SSSR count). The molecule has 0 radical (unpaired) electrons. The molecule has 0 saturated carbocycles. The van der Waals surface area contributed by atoms with E-state index >= 15 is 0 Å². The average molecular weight is 226 g/mol. The van der Waals surface area contributed by atoms with Crippen molar-refractivity contribution in [3.8, 4) is 0 Å². The van der Waals surface area contributed by atoms with Crippen LogP contribution in [0.5, 0.6) is 0 Å². The number of rotatable bonds is 6. The molecule has 1 heterocycles. The quantitative estimate of drug-likeness (QED) is 0.523. The van der Waals surface area contributed by atoms with E-state index in [1.165, 1.54) is 19.5 Å². The Hall–Kier alpha value is -0.870. The third kappa shape index (κ3) is 4.33. The minimum absolute atomic E-state index is 0.411. The topological polar surface area (TPSA) is 52.6 Å². The smallest absolute Gasteiger partial charge is 0.330 e. The normalized spacial score (nSPS) is 22.6.